The smallest absolute Gasteiger partial charge is 0.406 e. The summed E-state index contributed by atoms with van der Waals surface area (Å²) in [5.41, 5.74) is 0.315. The first kappa shape index (κ1) is 20.6. The van der Waals surface area contributed by atoms with E-state index in [-0.39, 0.29) is 11.3 Å². The maximum absolute atomic E-state index is 12.4. The molecule has 2 rings (SSSR count). The van der Waals surface area contributed by atoms with Crippen molar-refractivity contribution < 1.29 is 27.5 Å². The zero-order chi connectivity index (χ0) is 20.0. The molecule has 0 unspecified atom stereocenters. The number of benzene rings is 2. The zero-order valence-corrected chi connectivity index (χ0v) is 15.6. The lowest BCUT2D eigenvalue weighted by Crippen LogP contribution is -2.26. The first-order valence-electron chi connectivity index (χ1n) is 7.69. The van der Waals surface area contributed by atoms with E-state index in [4.69, 9.17) is 0 Å². The van der Waals surface area contributed by atoms with E-state index < -0.39 is 24.1 Å². The molecule has 3 amide bonds. The molecule has 144 valence electrons. The summed E-state index contributed by atoms with van der Waals surface area (Å²) in [6.07, 6.45) is -4.90. The number of nitrogens with one attached hydrogen (secondary N) is 3. The number of halogens is 4. The molecule has 0 aromatic heterocycles. The quantitative estimate of drug-likeness (QED) is 0.621. The summed E-state index contributed by atoms with van der Waals surface area (Å²) in [5.74, 6) is -1.11. The van der Waals surface area contributed by atoms with Crippen LogP contribution in [0.15, 0.2) is 46.9 Å². The second-order valence-corrected chi connectivity index (χ2v) is 6.12. The summed E-state index contributed by atoms with van der Waals surface area (Å²) in [5, 5.41) is 7.41. The van der Waals surface area contributed by atoms with Crippen LogP contribution in [-0.2, 0) is 0 Å². The summed E-state index contributed by atoms with van der Waals surface area (Å²) >= 11 is 3.26. The summed E-state index contributed by atoms with van der Waals surface area (Å²) in [6, 6.07) is 9.04. The van der Waals surface area contributed by atoms with Crippen LogP contribution in [0.2, 0.25) is 0 Å². The van der Waals surface area contributed by atoms with E-state index in [2.05, 4.69) is 36.6 Å². The first-order valence-corrected chi connectivity index (χ1v) is 8.49. The van der Waals surface area contributed by atoms with Crippen LogP contribution in [-0.4, -0.2) is 24.8 Å². The molecule has 27 heavy (non-hydrogen) atoms. The maximum Gasteiger partial charge on any atom is 0.573 e. The van der Waals surface area contributed by atoms with E-state index in [0.717, 1.165) is 22.7 Å². The third kappa shape index (κ3) is 6.48. The lowest BCUT2D eigenvalue weighted by molar-refractivity contribution is -0.274. The molecule has 0 aliphatic rings. The van der Waals surface area contributed by atoms with Crippen LogP contribution in [0.25, 0.3) is 0 Å². The highest BCUT2D eigenvalue weighted by Gasteiger charge is 2.31. The zero-order valence-electron chi connectivity index (χ0n) is 14.0. The van der Waals surface area contributed by atoms with E-state index >= 15 is 0 Å². The Hall–Kier alpha value is -2.75. The van der Waals surface area contributed by atoms with Gasteiger partial charge in [-0.05, 0) is 37.3 Å². The number of amides is 3. The normalized spacial score (nSPS) is 10.9. The summed E-state index contributed by atoms with van der Waals surface area (Å²) < 4.78 is 41.9. The molecule has 0 atom stereocenters. The van der Waals surface area contributed by atoms with Gasteiger partial charge in [-0.25, -0.2) is 4.79 Å². The van der Waals surface area contributed by atoms with Crippen molar-refractivity contribution in [3.05, 3.63) is 52.5 Å². The van der Waals surface area contributed by atoms with Gasteiger partial charge in [0.1, 0.15) is 5.75 Å². The number of hydrogen-bond donors (Lipinski definition) is 3. The number of hydrogen-bond acceptors (Lipinski definition) is 3. The van der Waals surface area contributed by atoms with Gasteiger partial charge in [-0.3, -0.25) is 4.79 Å². The largest absolute Gasteiger partial charge is 0.573 e. The molecule has 10 heteroatoms. The first-order chi connectivity index (χ1) is 12.7. The van der Waals surface area contributed by atoms with E-state index in [0.29, 0.717) is 12.2 Å². The van der Waals surface area contributed by atoms with Crippen LogP contribution in [0.3, 0.4) is 0 Å². The van der Waals surface area contributed by atoms with Crippen molar-refractivity contribution in [1.29, 1.82) is 0 Å². The molecule has 3 N–H and O–H groups in total. The van der Waals surface area contributed by atoms with Crippen LogP contribution in [0, 0.1) is 0 Å². The Kier molecular flexibility index (Phi) is 6.67. The van der Waals surface area contributed by atoms with Gasteiger partial charge in [0.15, 0.2) is 0 Å². The van der Waals surface area contributed by atoms with Crippen LogP contribution < -0.4 is 20.7 Å². The summed E-state index contributed by atoms with van der Waals surface area (Å²) in [7, 11) is 0. The molecular formula is C17H15BrF3N3O3. The molecular weight excluding hydrogens is 431 g/mol. The lowest BCUT2D eigenvalue weighted by atomic mass is 10.1. The van der Waals surface area contributed by atoms with Gasteiger partial charge in [-0.2, -0.15) is 0 Å². The molecule has 0 saturated heterocycles. The standard InChI is InChI=1S/C17H15BrF3N3O3/c1-2-22-15(25)13-7-6-12(27-17(19,20)21)9-14(13)24-16(26)23-11-5-3-4-10(18)8-11/h3-9H,2H2,1H3,(H,22,25)(H2,23,24,26). The summed E-state index contributed by atoms with van der Waals surface area (Å²) in [4.78, 5) is 24.3. The van der Waals surface area contributed by atoms with Crippen LogP contribution in [0.5, 0.6) is 5.75 Å². The van der Waals surface area contributed by atoms with Crippen molar-refractivity contribution in [2.45, 2.75) is 13.3 Å². The minimum atomic E-state index is -4.90. The second kappa shape index (κ2) is 8.76. The van der Waals surface area contributed by atoms with Gasteiger partial charge in [-0.1, -0.05) is 22.0 Å². The van der Waals surface area contributed by atoms with E-state index in [1.807, 2.05) is 0 Å². The monoisotopic (exact) mass is 445 g/mol. The van der Waals surface area contributed by atoms with Gasteiger partial charge >= 0.3 is 12.4 Å². The third-order valence-corrected chi connectivity index (χ3v) is 3.63. The van der Waals surface area contributed by atoms with Crippen molar-refractivity contribution in [2.24, 2.45) is 0 Å². The van der Waals surface area contributed by atoms with E-state index in [1.54, 1.807) is 31.2 Å². The third-order valence-electron chi connectivity index (χ3n) is 3.14. The molecule has 0 saturated carbocycles. The molecule has 2 aromatic carbocycles. The van der Waals surface area contributed by atoms with Gasteiger partial charge < -0.3 is 20.7 Å². The van der Waals surface area contributed by atoms with Gasteiger partial charge in [0.25, 0.3) is 5.91 Å². The predicted octanol–water partition coefficient (Wildman–Crippen LogP) is 4.74. The van der Waals surface area contributed by atoms with Crippen molar-refractivity contribution in [2.75, 3.05) is 17.2 Å². The maximum atomic E-state index is 12.4. The highest BCUT2D eigenvalue weighted by Crippen LogP contribution is 2.28. The molecule has 6 nitrogen and oxygen atoms in total. The number of anilines is 2. The second-order valence-electron chi connectivity index (χ2n) is 5.20. The number of carbonyl (C=O) groups excluding carboxylic acids is 2. The Labute approximate surface area is 161 Å². The Morgan fingerprint density at radius 2 is 1.85 bits per heavy atom. The Morgan fingerprint density at radius 1 is 1.11 bits per heavy atom. The topological polar surface area (TPSA) is 79.5 Å². The fraction of sp³-hybridized carbons (Fsp3) is 0.176. The van der Waals surface area contributed by atoms with Crippen LogP contribution >= 0.6 is 15.9 Å². The highest BCUT2D eigenvalue weighted by atomic mass is 79.9. The Morgan fingerprint density at radius 3 is 2.48 bits per heavy atom. The molecule has 0 fully saturated rings. The number of ether oxygens (including phenoxy) is 1. The highest BCUT2D eigenvalue weighted by molar-refractivity contribution is 9.10. The fourth-order valence-corrected chi connectivity index (χ4v) is 2.53. The molecule has 0 bridgehead atoms. The van der Waals surface area contributed by atoms with Gasteiger partial charge in [0, 0.05) is 22.8 Å². The fourth-order valence-electron chi connectivity index (χ4n) is 2.13. The lowest BCUT2D eigenvalue weighted by Gasteiger charge is -2.15. The number of rotatable bonds is 5. The number of urea groups is 1. The minimum absolute atomic E-state index is 0.00392. The van der Waals surface area contributed by atoms with Gasteiger partial charge in [-0.15, -0.1) is 13.2 Å². The summed E-state index contributed by atoms with van der Waals surface area (Å²) in [6.45, 7) is 2.00. The van der Waals surface area contributed by atoms with Crippen molar-refractivity contribution in [3.8, 4) is 5.75 Å². The number of alkyl halides is 3. The van der Waals surface area contributed by atoms with Crippen molar-refractivity contribution >= 4 is 39.2 Å². The molecule has 0 heterocycles. The SMILES string of the molecule is CCNC(=O)c1ccc(OC(F)(F)F)cc1NC(=O)Nc1cccc(Br)c1. The molecule has 0 spiro atoms. The van der Waals surface area contributed by atoms with Crippen molar-refractivity contribution in [1.82, 2.24) is 5.32 Å². The van der Waals surface area contributed by atoms with Crippen molar-refractivity contribution in [3.63, 3.8) is 0 Å². The molecule has 0 aliphatic carbocycles. The van der Waals surface area contributed by atoms with Crippen LogP contribution in [0.1, 0.15) is 17.3 Å². The van der Waals surface area contributed by atoms with E-state index in [1.165, 1.54) is 0 Å². The van der Waals surface area contributed by atoms with Gasteiger partial charge in [0.05, 0.1) is 11.3 Å². The van der Waals surface area contributed by atoms with Crippen LogP contribution in [0.4, 0.5) is 29.3 Å². The average Bonchev–Trinajstić information content (AvgIpc) is 2.53. The average molecular weight is 446 g/mol. The predicted molar refractivity (Wildman–Crippen MR) is 97.9 cm³/mol. The molecule has 0 radical (unpaired) electrons. The number of carbonyl (C=O) groups is 2. The minimum Gasteiger partial charge on any atom is -0.406 e. The Bertz CT molecular complexity index is 844. The molecule has 2 aromatic rings. The van der Waals surface area contributed by atoms with Gasteiger partial charge in [0.2, 0.25) is 0 Å². The van der Waals surface area contributed by atoms with E-state index in [9.17, 15) is 22.8 Å². The Balaban J connectivity index is 2.25. The molecule has 0 aliphatic heterocycles.